The van der Waals surface area contributed by atoms with Crippen molar-refractivity contribution < 1.29 is 33.6 Å². The van der Waals surface area contributed by atoms with Crippen LogP contribution in [0.4, 0.5) is 0 Å². The first kappa shape index (κ1) is 27.5. The van der Waals surface area contributed by atoms with Gasteiger partial charge in [0, 0.05) is 37.3 Å². The number of likely N-dealkylation sites (tertiary alicyclic amines) is 1. The maximum absolute atomic E-state index is 13.4. The van der Waals surface area contributed by atoms with Crippen molar-refractivity contribution in [2.45, 2.75) is 32.4 Å². The molecule has 0 aliphatic carbocycles. The molecule has 0 saturated carbocycles. The van der Waals surface area contributed by atoms with Crippen LogP contribution in [0.5, 0.6) is 17.2 Å². The molecule has 2 aromatic rings. The summed E-state index contributed by atoms with van der Waals surface area (Å²) in [6.45, 7) is 8.01. The SMILES string of the molecule is COc1ccc(OC)c(C2C(=C(O)c3ccc(OC(C)C)cc3)C(=O)C(=O)N2CCCN2CCOCC2)c1. The summed E-state index contributed by atoms with van der Waals surface area (Å²) in [4.78, 5) is 30.6. The van der Waals surface area contributed by atoms with Gasteiger partial charge in [0.2, 0.25) is 0 Å². The first-order valence-electron chi connectivity index (χ1n) is 12.9. The maximum Gasteiger partial charge on any atom is 0.295 e. The Kier molecular flexibility index (Phi) is 8.91. The third kappa shape index (κ3) is 5.95. The van der Waals surface area contributed by atoms with E-state index in [1.807, 2.05) is 13.8 Å². The predicted molar refractivity (Wildman–Crippen MR) is 143 cm³/mol. The number of aliphatic hydroxyl groups excluding tert-OH is 1. The molecule has 2 aliphatic heterocycles. The standard InChI is InChI=1S/C29H36N2O7/c1-19(2)38-21-8-6-20(7-9-21)27(32)25-26(23-18-22(35-3)10-11-24(23)36-4)31(29(34)28(25)33)13-5-12-30-14-16-37-17-15-30/h6-11,18-19,26,32H,5,12-17H2,1-4H3. The fourth-order valence-electron chi connectivity index (χ4n) is 4.90. The quantitative estimate of drug-likeness (QED) is 0.286. The number of morpholine rings is 1. The van der Waals surface area contributed by atoms with Crippen molar-refractivity contribution in [3.8, 4) is 17.2 Å². The van der Waals surface area contributed by atoms with Gasteiger partial charge in [-0.3, -0.25) is 14.5 Å². The van der Waals surface area contributed by atoms with Crippen LogP contribution in [0, 0.1) is 0 Å². The summed E-state index contributed by atoms with van der Waals surface area (Å²) in [5, 5.41) is 11.4. The third-order valence-electron chi connectivity index (χ3n) is 6.75. The van der Waals surface area contributed by atoms with Crippen molar-refractivity contribution in [3.05, 3.63) is 59.2 Å². The van der Waals surface area contributed by atoms with E-state index >= 15 is 0 Å². The molecule has 0 aromatic heterocycles. The lowest BCUT2D eigenvalue weighted by atomic mass is 9.94. The lowest BCUT2D eigenvalue weighted by molar-refractivity contribution is -0.140. The number of benzene rings is 2. The molecule has 2 fully saturated rings. The molecule has 38 heavy (non-hydrogen) atoms. The van der Waals surface area contributed by atoms with Crippen molar-refractivity contribution in [1.82, 2.24) is 9.80 Å². The predicted octanol–water partition coefficient (Wildman–Crippen LogP) is 3.64. The highest BCUT2D eigenvalue weighted by molar-refractivity contribution is 6.46. The molecular formula is C29H36N2O7. The molecule has 0 bridgehead atoms. The van der Waals surface area contributed by atoms with Crippen LogP contribution >= 0.6 is 0 Å². The van der Waals surface area contributed by atoms with Gasteiger partial charge in [-0.2, -0.15) is 0 Å². The van der Waals surface area contributed by atoms with E-state index in [1.54, 1.807) is 49.6 Å². The van der Waals surface area contributed by atoms with Crippen molar-refractivity contribution in [2.24, 2.45) is 0 Å². The zero-order valence-corrected chi connectivity index (χ0v) is 22.4. The number of carbonyl (C=O) groups is 2. The smallest absolute Gasteiger partial charge is 0.295 e. The number of carbonyl (C=O) groups excluding carboxylic acids is 2. The Morgan fingerprint density at radius 3 is 2.32 bits per heavy atom. The Morgan fingerprint density at radius 2 is 1.68 bits per heavy atom. The molecule has 2 saturated heterocycles. The molecule has 0 radical (unpaired) electrons. The van der Waals surface area contributed by atoms with Crippen LogP contribution < -0.4 is 14.2 Å². The second kappa shape index (κ2) is 12.3. The van der Waals surface area contributed by atoms with Crippen molar-refractivity contribution in [3.63, 3.8) is 0 Å². The van der Waals surface area contributed by atoms with E-state index in [1.165, 1.54) is 12.0 Å². The average Bonchev–Trinajstić information content (AvgIpc) is 3.18. The number of rotatable bonds is 10. The van der Waals surface area contributed by atoms with Crippen molar-refractivity contribution >= 4 is 17.4 Å². The van der Waals surface area contributed by atoms with E-state index < -0.39 is 17.7 Å². The number of ketones is 1. The third-order valence-corrected chi connectivity index (χ3v) is 6.75. The lowest BCUT2D eigenvalue weighted by Crippen LogP contribution is -2.39. The van der Waals surface area contributed by atoms with Gasteiger partial charge in [0.05, 0.1) is 45.2 Å². The molecule has 1 N–H and O–H groups in total. The number of amides is 1. The molecule has 9 heteroatoms. The van der Waals surface area contributed by atoms with E-state index in [9.17, 15) is 14.7 Å². The largest absolute Gasteiger partial charge is 0.507 e. The Bertz CT molecular complexity index is 1170. The summed E-state index contributed by atoms with van der Waals surface area (Å²) in [5.41, 5.74) is 1.00. The van der Waals surface area contributed by atoms with Gasteiger partial charge >= 0.3 is 0 Å². The fraction of sp³-hybridized carbons (Fsp3) is 0.448. The Balaban J connectivity index is 1.73. The molecule has 4 rings (SSSR count). The molecule has 1 unspecified atom stereocenters. The average molecular weight is 525 g/mol. The van der Waals surface area contributed by atoms with Crippen LogP contribution in [0.25, 0.3) is 5.76 Å². The minimum atomic E-state index is -0.837. The molecule has 0 spiro atoms. The van der Waals surface area contributed by atoms with Gasteiger partial charge in [0.25, 0.3) is 11.7 Å². The minimum Gasteiger partial charge on any atom is -0.507 e. The van der Waals surface area contributed by atoms with Crippen molar-refractivity contribution in [1.29, 1.82) is 0 Å². The molecule has 1 atom stereocenters. The summed E-state index contributed by atoms with van der Waals surface area (Å²) in [7, 11) is 3.08. The number of ether oxygens (including phenoxy) is 4. The zero-order chi connectivity index (χ0) is 27.2. The summed E-state index contributed by atoms with van der Waals surface area (Å²) < 4.78 is 22.2. The fourth-order valence-corrected chi connectivity index (χ4v) is 4.90. The normalized spacial score (nSPS) is 19.7. The van der Waals surface area contributed by atoms with E-state index in [2.05, 4.69) is 4.90 Å². The van der Waals surface area contributed by atoms with Crippen LogP contribution in [0.2, 0.25) is 0 Å². The molecule has 2 heterocycles. The van der Waals surface area contributed by atoms with Gasteiger partial charge in [0.1, 0.15) is 23.0 Å². The topological polar surface area (TPSA) is 97.8 Å². The number of methoxy groups -OCH3 is 2. The summed E-state index contributed by atoms with van der Waals surface area (Å²) in [6, 6.07) is 11.2. The number of hydrogen-bond donors (Lipinski definition) is 1. The van der Waals surface area contributed by atoms with Gasteiger partial charge in [-0.1, -0.05) is 0 Å². The Morgan fingerprint density at radius 1 is 1.00 bits per heavy atom. The van der Waals surface area contributed by atoms with E-state index in [0.29, 0.717) is 54.6 Å². The van der Waals surface area contributed by atoms with Gasteiger partial charge in [0.15, 0.2) is 0 Å². The molecule has 2 aliphatic rings. The molecule has 204 valence electrons. The second-order valence-corrected chi connectivity index (χ2v) is 9.60. The van der Waals surface area contributed by atoms with Gasteiger partial charge in [-0.25, -0.2) is 0 Å². The van der Waals surface area contributed by atoms with Crippen LogP contribution in [-0.2, 0) is 14.3 Å². The van der Waals surface area contributed by atoms with Crippen LogP contribution in [0.3, 0.4) is 0 Å². The van der Waals surface area contributed by atoms with Crippen LogP contribution in [0.15, 0.2) is 48.0 Å². The summed E-state index contributed by atoms with van der Waals surface area (Å²) in [6.07, 6.45) is 0.662. The number of hydrogen-bond acceptors (Lipinski definition) is 8. The van der Waals surface area contributed by atoms with Crippen LogP contribution in [-0.4, -0.2) is 86.3 Å². The Hall–Kier alpha value is -3.56. The van der Waals surface area contributed by atoms with Gasteiger partial charge < -0.3 is 29.0 Å². The number of aliphatic hydroxyl groups is 1. The highest BCUT2D eigenvalue weighted by atomic mass is 16.5. The summed E-state index contributed by atoms with van der Waals surface area (Å²) >= 11 is 0. The first-order valence-corrected chi connectivity index (χ1v) is 12.9. The highest BCUT2D eigenvalue weighted by Crippen LogP contribution is 2.44. The zero-order valence-electron chi connectivity index (χ0n) is 22.4. The molecule has 2 aromatic carbocycles. The highest BCUT2D eigenvalue weighted by Gasteiger charge is 2.47. The maximum atomic E-state index is 13.4. The monoisotopic (exact) mass is 524 g/mol. The van der Waals surface area contributed by atoms with E-state index in [4.69, 9.17) is 18.9 Å². The van der Waals surface area contributed by atoms with Crippen LogP contribution in [0.1, 0.15) is 37.4 Å². The van der Waals surface area contributed by atoms with Gasteiger partial charge in [-0.15, -0.1) is 0 Å². The molecular weight excluding hydrogens is 488 g/mol. The van der Waals surface area contributed by atoms with Crippen molar-refractivity contribution in [2.75, 3.05) is 53.6 Å². The number of nitrogens with zero attached hydrogens (tertiary/aromatic N) is 2. The van der Waals surface area contributed by atoms with E-state index in [0.717, 1.165) is 19.6 Å². The summed E-state index contributed by atoms with van der Waals surface area (Å²) in [5.74, 6) is 0.0582. The minimum absolute atomic E-state index is 0.00207. The van der Waals surface area contributed by atoms with E-state index in [-0.39, 0.29) is 17.4 Å². The molecule has 1 amide bonds. The molecule has 9 nitrogen and oxygen atoms in total. The second-order valence-electron chi connectivity index (χ2n) is 9.60. The first-order chi connectivity index (χ1) is 18.3. The number of Topliss-reactive ketones (excluding diaryl/α,β-unsaturated/α-hetero) is 1. The van der Waals surface area contributed by atoms with Gasteiger partial charge in [-0.05, 0) is 62.7 Å². The lowest BCUT2D eigenvalue weighted by Gasteiger charge is -2.29. The Labute approximate surface area is 223 Å².